The van der Waals surface area contributed by atoms with E-state index in [-0.39, 0.29) is 40.3 Å². The van der Waals surface area contributed by atoms with Gasteiger partial charge in [-0.05, 0) is 132 Å². The van der Waals surface area contributed by atoms with Gasteiger partial charge >= 0.3 is 6.09 Å². The zero-order chi connectivity index (χ0) is 37.5. The Labute approximate surface area is 315 Å². The first-order chi connectivity index (χ1) is 25.3. The highest BCUT2D eigenvalue weighted by Gasteiger charge is 2.51. The van der Waals surface area contributed by atoms with Crippen LogP contribution < -0.4 is 9.64 Å². The van der Waals surface area contributed by atoms with E-state index in [4.69, 9.17) is 23.9 Å². The Morgan fingerprint density at radius 3 is 2.30 bits per heavy atom. The van der Waals surface area contributed by atoms with Crippen LogP contribution in [0.5, 0.6) is 5.75 Å². The summed E-state index contributed by atoms with van der Waals surface area (Å²) in [6, 6.07) is 11.0. The standard InChI is InChI=1S/C43H59N5O5/c1-29-24-32(10-13-36(29)51-7)43-19-16-42(17-20-43,18-21-43)28-48(37-25-31(14-22-44-37)35-27-52-39(45-35)41(2,3)4)38(49)30-8-11-34(12-9-30)53-40(50)47-23-15-33(26-47)46(5)6/h10,13-14,22,24-25,27,30,33-34H,8-9,11-12,15-21,23,26,28H2,1-7H3/t30-,33-,34-,42?,43?/m1/s1. The van der Waals surface area contributed by atoms with Crippen LogP contribution in [0.4, 0.5) is 10.6 Å². The first kappa shape index (κ1) is 37.4. The molecule has 4 aliphatic carbocycles. The highest BCUT2D eigenvalue weighted by molar-refractivity contribution is 5.95. The Bertz CT molecular complexity index is 1760. The molecule has 2 bridgehead atoms. The summed E-state index contributed by atoms with van der Waals surface area (Å²) in [5.74, 6) is 2.27. The summed E-state index contributed by atoms with van der Waals surface area (Å²) in [5.41, 5.74) is 4.25. The molecule has 286 valence electrons. The van der Waals surface area contributed by atoms with Gasteiger partial charge in [-0.1, -0.05) is 32.9 Å². The molecule has 1 aromatic carbocycles. The number of rotatable bonds is 9. The van der Waals surface area contributed by atoms with Gasteiger partial charge in [0.25, 0.3) is 0 Å². The number of benzene rings is 1. The molecule has 10 heteroatoms. The number of hydrogen-bond acceptors (Lipinski definition) is 8. The first-order valence-electron chi connectivity index (χ1n) is 19.8. The molecule has 0 N–H and O–H groups in total. The third-order valence-corrected chi connectivity index (χ3v) is 13.1. The fraction of sp³-hybridized carbons (Fsp3) is 0.628. The van der Waals surface area contributed by atoms with Crippen LogP contribution in [-0.2, 0) is 20.4 Å². The minimum Gasteiger partial charge on any atom is -0.496 e. The molecular weight excluding hydrogens is 667 g/mol. The van der Waals surface area contributed by atoms with Gasteiger partial charge in [0, 0.05) is 48.8 Å². The first-order valence-corrected chi connectivity index (χ1v) is 19.8. The van der Waals surface area contributed by atoms with Crippen LogP contribution in [0.1, 0.15) is 108 Å². The minimum atomic E-state index is -0.219. The summed E-state index contributed by atoms with van der Waals surface area (Å²) in [6.07, 6.45) is 13.4. The number of oxazole rings is 1. The number of carbonyl (C=O) groups is 2. The van der Waals surface area contributed by atoms with E-state index in [1.807, 2.05) is 21.9 Å². The summed E-state index contributed by atoms with van der Waals surface area (Å²) in [4.78, 5) is 43.5. The summed E-state index contributed by atoms with van der Waals surface area (Å²) in [7, 11) is 5.85. The lowest BCUT2D eigenvalue weighted by Crippen LogP contribution is -2.52. The second-order valence-corrected chi connectivity index (χ2v) is 17.8. The maximum Gasteiger partial charge on any atom is 0.410 e. The topological polar surface area (TPSA) is 101 Å². The van der Waals surface area contributed by atoms with Crippen LogP contribution in [0.3, 0.4) is 0 Å². The van der Waals surface area contributed by atoms with E-state index >= 15 is 0 Å². The number of anilines is 1. The van der Waals surface area contributed by atoms with E-state index < -0.39 is 0 Å². The lowest BCUT2D eigenvalue weighted by molar-refractivity contribution is -0.124. The smallest absolute Gasteiger partial charge is 0.410 e. The van der Waals surface area contributed by atoms with E-state index in [9.17, 15) is 9.59 Å². The van der Waals surface area contributed by atoms with E-state index in [0.717, 1.165) is 68.5 Å². The minimum absolute atomic E-state index is 0.0385. The van der Waals surface area contributed by atoms with Crippen molar-refractivity contribution in [3.8, 4) is 17.0 Å². The maximum absolute atomic E-state index is 14.8. The normalized spacial score (nSPS) is 27.2. The maximum atomic E-state index is 14.8. The molecule has 3 aromatic rings. The summed E-state index contributed by atoms with van der Waals surface area (Å²) >= 11 is 0. The highest BCUT2D eigenvalue weighted by Crippen LogP contribution is 2.58. The molecule has 5 aliphatic rings. The molecule has 10 nitrogen and oxygen atoms in total. The number of hydrogen-bond donors (Lipinski definition) is 0. The van der Waals surface area contributed by atoms with Crippen LogP contribution in [-0.4, -0.2) is 84.8 Å². The van der Waals surface area contributed by atoms with Gasteiger partial charge in [0.2, 0.25) is 5.91 Å². The average Bonchev–Trinajstić information content (AvgIpc) is 3.87. The van der Waals surface area contributed by atoms with Gasteiger partial charge in [-0.3, -0.25) is 9.69 Å². The van der Waals surface area contributed by atoms with Gasteiger partial charge in [-0.2, -0.15) is 0 Å². The van der Waals surface area contributed by atoms with Crippen molar-refractivity contribution in [3.05, 3.63) is 59.8 Å². The number of pyridine rings is 1. The number of carbonyl (C=O) groups excluding carboxylic acids is 2. The van der Waals surface area contributed by atoms with Crippen LogP contribution >= 0.6 is 0 Å². The lowest BCUT2D eigenvalue weighted by atomic mass is 9.51. The number of ether oxygens (including phenoxy) is 2. The highest BCUT2D eigenvalue weighted by atomic mass is 16.6. The number of likely N-dealkylation sites (N-methyl/N-ethyl adjacent to an activating group) is 1. The fourth-order valence-electron chi connectivity index (χ4n) is 9.42. The van der Waals surface area contributed by atoms with E-state index in [0.29, 0.717) is 56.5 Å². The molecule has 5 fully saturated rings. The molecule has 1 saturated heterocycles. The number of fused-ring (bicyclic) bond motifs is 3. The van der Waals surface area contributed by atoms with E-state index in [1.165, 1.54) is 11.1 Å². The van der Waals surface area contributed by atoms with Crippen molar-refractivity contribution in [2.24, 2.45) is 11.3 Å². The lowest BCUT2D eigenvalue weighted by Gasteiger charge is -2.55. The second kappa shape index (κ2) is 14.7. The van der Waals surface area contributed by atoms with Crippen molar-refractivity contribution in [3.63, 3.8) is 0 Å². The Balaban J connectivity index is 1.08. The van der Waals surface area contributed by atoms with Crippen LogP contribution in [0.25, 0.3) is 11.3 Å². The molecule has 2 amide bonds. The SMILES string of the molecule is COc1ccc(C23CCC(CN(c4cc(-c5coc(C(C)(C)C)n5)ccn4)C(=O)[C@H]4CC[C@H](OC(=O)N5CC[C@@H](N(C)C)C5)CC4)(CC2)CC3)cc1C. The molecule has 53 heavy (non-hydrogen) atoms. The Hall–Kier alpha value is -3.92. The van der Waals surface area contributed by atoms with Crippen molar-refractivity contribution in [2.75, 3.05) is 45.7 Å². The van der Waals surface area contributed by atoms with Gasteiger partial charge in [0.1, 0.15) is 29.6 Å². The van der Waals surface area contributed by atoms with Gasteiger partial charge in [0.05, 0.1) is 7.11 Å². The zero-order valence-electron chi connectivity index (χ0n) is 33.0. The zero-order valence-corrected chi connectivity index (χ0v) is 33.0. The van der Waals surface area contributed by atoms with Crippen molar-refractivity contribution in [1.82, 2.24) is 19.8 Å². The van der Waals surface area contributed by atoms with Gasteiger partial charge in [-0.25, -0.2) is 14.8 Å². The summed E-state index contributed by atoms with van der Waals surface area (Å²) in [6.45, 7) is 10.5. The predicted octanol–water partition coefficient (Wildman–Crippen LogP) is 8.31. The number of aryl methyl sites for hydroxylation is 1. The third-order valence-electron chi connectivity index (χ3n) is 13.1. The molecule has 0 unspecified atom stereocenters. The molecule has 1 atom stereocenters. The third kappa shape index (κ3) is 7.71. The molecule has 8 rings (SSSR count). The monoisotopic (exact) mass is 725 g/mol. The fourth-order valence-corrected chi connectivity index (χ4v) is 9.42. The number of likely N-dealkylation sites (tertiary alicyclic amines) is 1. The molecule has 0 spiro atoms. The number of methoxy groups -OCH3 is 1. The quantitative estimate of drug-likeness (QED) is 0.217. The van der Waals surface area contributed by atoms with E-state index in [1.54, 1.807) is 19.6 Å². The molecule has 1 aliphatic heterocycles. The molecule has 4 saturated carbocycles. The van der Waals surface area contributed by atoms with Crippen molar-refractivity contribution < 1.29 is 23.5 Å². The average molecular weight is 726 g/mol. The van der Waals surface area contributed by atoms with Crippen molar-refractivity contribution in [1.29, 1.82) is 0 Å². The summed E-state index contributed by atoms with van der Waals surface area (Å²) < 4.78 is 17.4. The van der Waals surface area contributed by atoms with Crippen molar-refractivity contribution >= 4 is 17.8 Å². The Morgan fingerprint density at radius 2 is 1.70 bits per heavy atom. The van der Waals surface area contributed by atoms with Crippen molar-refractivity contribution in [2.45, 2.75) is 121 Å². The van der Waals surface area contributed by atoms with Gasteiger partial charge in [-0.15, -0.1) is 0 Å². The van der Waals surface area contributed by atoms with Crippen LogP contribution in [0, 0.1) is 18.3 Å². The Kier molecular flexibility index (Phi) is 10.4. The van der Waals surface area contributed by atoms with Crippen LogP contribution in [0.2, 0.25) is 0 Å². The second-order valence-electron chi connectivity index (χ2n) is 17.8. The molecule has 3 heterocycles. The summed E-state index contributed by atoms with van der Waals surface area (Å²) in [5, 5.41) is 0. The molecule has 2 aromatic heterocycles. The van der Waals surface area contributed by atoms with Crippen LogP contribution in [0.15, 0.2) is 47.2 Å². The van der Waals surface area contributed by atoms with Gasteiger partial charge < -0.3 is 23.7 Å². The number of aromatic nitrogens is 2. The van der Waals surface area contributed by atoms with Gasteiger partial charge in [0.15, 0.2) is 5.89 Å². The molecular formula is C43H59N5O5. The largest absolute Gasteiger partial charge is 0.496 e. The Morgan fingerprint density at radius 1 is 0.981 bits per heavy atom. The predicted molar refractivity (Wildman–Crippen MR) is 206 cm³/mol. The van der Waals surface area contributed by atoms with E-state index in [2.05, 4.69) is 64.9 Å². The number of amides is 2. The molecule has 0 radical (unpaired) electrons. The number of nitrogens with zero attached hydrogens (tertiary/aromatic N) is 5.